The minimum atomic E-state index is -0.208. The molecule has 0 aliphatic carbocycles. The number of ether oxygens (including phenoxy) is 1. The molecule has 1 rings (SSSR count). The lowest BCUT2D eigenvalue weighted by Crippen LogP contribution is -2.36. The predicted molar refractivity (Wildman–Crippen MR) is 78.5 cm³/mol. The molecule has 0 spiro atoms. The summed E-state index contributed by atoms with van der Waals surface area (Å²) in [5.41, 5.74) is 2.11. The van der Waals surface area contributed by atoms with Crippen LogP contribution in [0, 0.1) is 36.5 Å². The Balaban J connectivity index is 2.60. The van der Waals surface area contributed by atoms with E-state index in [9.17, 15) is 4.79 Å². The Kier molecular flexibility index (Phi) is 6.77. The van der Waals surface area contributed by atoms with E-state index in [0.29, 0.717) is 18.8 Å². The van der Waals surface area contributed by atoms with Gasteiger partial charge < -0.3 is 9.64 Å². The van der Waals surface area contributed by atoms with Crippen LogP contribution in [0.3, 0.4) is 0 Å². The van der Waals surface area contributed by atoms with Gasteiger partial charge in [0.25, 0.3) is 5.91 Å². The third kappa shape index (κ3) is 5.54. The zero-order valence-corrected chi connectivity index (χ0v) is 12.4. The fraction of sp³-hybridized carbons (Fsp3) is 0.438. The molecule has 0 saturated heterocycles. The lowest BCUT2D eigenvalue weighted by Gasteiger charge is -2.20. The number of hydrogen-bond donors (Lipinski definition) is 0. The first kappa shape index (κ1) is 16.5. The summed E-state index contributed by atoms with van der Waals surface area (Å²) in [6.45, 7) is 4.49. The molecule has 110 valence electrons. The molecule has 0 heterocycles. The third-order valence-corrected chi connectivity index (χ3v) is 3.02. The van der Waals surface area contributed by atoms with Crippen LogP contribution >= 0.6 is 0 Å². The van der Waals surface area contributed by atoms with Crippen LogP contribution in [0.5, 0.6) is 5.75 Å². The molecule has 0 saturated carbocycles. The SMILES string of the molecule is Cc1ccc(OCC(=O)N(CCC#N)CCC#N)c(C)c1. The Morgan fingerprint density at radius 3 is 2.33 bits per heavy atom. The van der Waals surface area contributed by atoms with E-state index in [1.54, 1.807) is 0 Å². The molecule has 0 N–H and O–H groups in total. The maximum Gasteiger partial charge on any atom is 0.260 e. The van der Waals surface area contributed by atoms with Crippen LogP contribution in [-0.4, -0.2) is 30.5 Å². The zero-order valence-electron chi connectivity index (χ0n) is 12.4. The molecule has 0 aliphatic rings. The number of carbonyl (C=O) groups excluding carboxylic acids is 1. The largest absolute Gasteiger partial charge is 0.484 e. The van der Waals surface area contributed by atoms with Crippen molar-refractivity contribution in [1.82, 2.24) is 4.90 Å². The first-order valence-corrected chi connectivity index (χ1v) is 6.80. The Bertz CT molecular complexity index is 552. The number of benzene rings is 1. The monoisotopic (exact) mass is 285 g/mol. The van der Waals surface area contributed by atoms with Crippen molar-refractivity contribution >= 4 is 5.91 Å². The van der Waals surface area contributed by atoms with E-state index in [-0.39, 0.29) is 25.4 Å². The molecule has 0 aromatic heterocycles. The normalized spacial score (nSPS) is 9.52. The van der Waals surface area contributed by atoms with Crippen LogP contribution in [0.15, 0.2) is 18.2 Å². The van der Waals surface area contributed by atoms with E-state index < -0.39 is 0 Å². The van der Waals surface area contributed by atoms with Crippen molar-refractivity contribution in [3.8, 4) is 17.9 Å². The molecular formula is C16H19N3O2. The van der Waals surface area contributed by atoms with Gasteiger partial charge in [-0.2, -0.15) is 10.5 Å². The standard InChI is InChI=1S/C16H19N3O2/c1-13-5-6-15(14(2)11-13)21-12-16(20)19(9-3-7-17)10-4-8-18/h5-6,11H,3-4,9-10,12H2,1-2H3. The van der Waals surface area contributed by atoms with Crippen LogP contribution in [-0.2, 0) is 4.79 Å². The van der Waals surface area contributed by atoms with E-state index in [1.807, 2.05) is 44.2 Å². The number of hydrogen-bond acceptors (Lipinski definition) is 4. The molecule has 21 heavy (non-hydrogen) atoms. The highest BCUT2D eigenvalue weighted by molar-refractivity contribution is 5.77. The van der Waals surface area contributed by atoms with Gasteiger partial charge in [-0.05, 0) is 25.5 Å². The molecular weight excluding hydrogens is 266 g/mol. The molecule has 0 atom stereocenters. The third-order valence-electron chi connectivity index (χ3n) is 3.02. The summed E-state index contributed by atoms with van der Waals surface area (Å²) in [5.74, 6) is 0.468. The van der Waals surface area contributed by atoms with Crippen molar-refractivity contribution in [2.75, 3.05) is 19.7 Å². The van der Waals surface area contributed by atoms with Crippen molar-refractivity contribution in [3.63, 3.8) is 0 Å². The summed E-state index contributed by atoms with van der Waals surface area (Å²) in [5, 5.41) is 17.2. The molecule has 5 heteroatoms. The van der Waals surface area contributed by atoms with Gasteiger partial charge in [-0.1, -0.05) is 17.7 Å². The minimum absolute atomic E-state index is 0.0826. The Morgan fingerprint density at radius 1 is 1.19 bits per heavy atom. The van der Waals surface area contributed by atoms with Gasteiger partial charge >= 0.3 is 0 Å². The van der Waals surface area contributed by atoms with Gasteiger partial charge in [0.1, 0.15) is 5.75 Å². The topological polar surface area (TPSA) is 77.1 Å². The number of nitriles is 2. The highest BCUT2D eigenvalue weighted by atomic mass is 16.5. The average molecular weight is 285 g/mol. The van der Waals surface area contributed by atoms with Crippen molar-refractivity contribution in [1.29, 1.82) is 10.5 Å². The molecule has 1 aromatic rings. The molecule has 0 radical (unpaired) electrons. The van der Waals surface area contributed by atoms with Crippen molar-refractivity contribution in [2.45, 2.75) is 26.7 Å². The van der Waals surface area contributed by atoms with E-state index in [0.717, 1.165) is 11.1 Å². The molecule has 5 nitrogen and oxygen atoms in total. The van der Waals surface area contributed by atoms with Gasteiger partial charge in [-0.15, -0.1) is 0 Å². The second-order valence-corrected chi connectivity index (χ2v) is 4.75. The average Bonchev–Trinajstić information content (AvgIpc) is 2.46. The van der Waals surface area contributed by atoms with Gasteiger partial charge in [-0.25, -0.2) is 0 Å². The molecule has 0 fully saturated rings. The van der Waals surface area contributed by atoms with E-state index in [2.05, 4.69) is 0 Å². The van der Waals surface area contributed by atoms with Gasteiger partial charge in [-0.3, -0.25) is 4.79 Å². The summed E-state index contributed by atoms with van der Waals surface area (Å²) in [6, 6.07) is 9.76. The minimum Gasteiger partial charge on any atom is -0.484 e. The Labute approximate surface area is 125 Å². The van der Waals surface area contributed by atoms with Gasteiger partial charge in [0.05, 0.1) is 25.0 Å². The summed E-state index contributed by atoms with van der Waals surface area (Å²) in [6.07, 6.45) is 0.501. The lowest BCUT2D eigenvalue weighted by molar-refractivity contribution is -0.133. The molecule has 1 amide bonds. The number of rotatable bonds is 7. The van der Waals surface area contributed by atoms with Crippen LogP contribution < -0.4 is 4.74 Å². The first-order valence-electron chi connectivity index (χ1n) is 6.80. The van der Waals surface area contributed by atoms with Crippen LogP contribution in [0.25, 0.3) is 0 Å². The molecule has 1 aromatic carbocycles. The fourth-order valence-electron chi connectivity index (χ4n) is 1.92. The summed E-state index contributed by atoms with van der Waals surface area (Å²) >= 11 is 0. The second kappa shape index (κ2) is 8.60. The number of amides is 1. The summed E-state index contributed by atoms with van der Waals surface area (Å²) < 4.78 is 5.54. The molecule has 0 unspecified atom stereocenters. The number of aryl methyl sites for hydroxylation is 2. The number of nitrogens with zero attached hydrogens (tertiary/aromatic N) is 3. The van der Waals surface area contributed by atoms with Crippen LogP contribution in [0.4, 0.5) is 0 Å². The summed E-state index contributed by atoms with van der Waals surface area (Å²) in [7, 11) is 0. The highest BCUT2D eigenvalue weighted by Gasteiger charge is 2.14. The predicted octanol–water partition coefficient (Wildman–Crippen LogP) is 2.34. The maximum atomic E-state index is 12.1. The highest BCUT2D eigenvalue weighted by Crippen LogP contribution is 2.18. The van der Waals surface area contributed by atoms with Crippen molar-refractivity contribution in [3.05, 3.63) is 29.3 Å². The Morgan fingerprint density at radius 2 is 1.81 bits per heavy atom. The fourth-order valence-corrected chi connectivity index (χ4v) is 1.92. The first-order chi connectivity index (χ1) is 10.1. The van der Waals surface area contributed by atoms with Gasteiger partial charge in [0.15, 0.2) is 6.61 Å². The van der Waals surface area contributed by atoms with Crippen molar-refractivity contribution < 1.29 is 9.53 Å². The van der Waals surface area contributed by atoms with E-state index in [4.69, 9.17) is 15.3 Å². The smallest absolute Gasteiger partial charge is 0.260 e. The van der Waals surface area contributed by atoms with Gasteiger partial charge in [0.2, 0.25) is 0 Å². The quantitative estimate of drug-likeness (QED) is 0.770. The van der Waals surface area contributed by atoms with E-state index >= 15 is 0 Å². The molecule has 0 bridgehead atoms. The molecule has 0 aliphatic heterocycles. The second-order valence-electron chi connectivity index (χ2n) is 4.75. The zero-order chi connectivity index (χ0) is 15.7. The van der Waals surface area contributed by atoms with Crippen LogP contribution in [0.1, 0.15) is 24.0 Å². The van der Waals surface area contributed by atoms with Crippen molar-refractivity contribution in [2.24, 2.45) is 0 Å². The summed E-state index contributed by atoms with van der Waals surface area (Å²) in [4.78, 5) is 13.6. The van der Waals surface area contributed by atoms with Crippen LogP contribution in [0.2, 0.25) is 0 Å². The lowest BCUT2D eigenvalue weighted by atomic mass is 10.1. The Hall–Kier alpha value is -2.53. The van der Waals surface area contributed by atoms with Gasteiger partial charge in [0, 0.05) is 13.1 Å². The number of carbonyl (C=O) groups is 1. The van der Waals surface area contributed by atoms with E-state index in [1.165, 1.54) is 4.90 Å². The maximum absolute atomic E-state index is 12.1.